The maximum atomic E-state index is 13.3. The molecule has 2 heterocycles. The van der Waals surface area contributed by atoms with Crippen molar-refractivity contribution in [1.82, 2.24) is 5.06 Å². The maximum absolute atomic E-state index is 13.3. The number of rotatable bonds is 16. The van der Waals surface area contributed by atoms with Crippen LogP contribution in [0.2, 0.25) is 0 Å². The van der Waals surface area contributed by atoms with Gasteiger partial charge in [0.15, 0.2) is 0 Å². The van der Waals surface area contributed by atoms with E-state index in [2.05, 4.69) is 16.9 Å². The molecule has 1 fully saturated rings. The summed E-state index contributed by atoms with van der Waals surface area (Å²) in [6.07, 6.45) is 2.98. The molecule has 4 rings (SSSR count). The number of nitrogens with zero attached hydrogens (tertiary/aromatic N) is 2. The minimum Gasteiger partial charge on any atom is -0.465 e. The number of imide groups is 1. The topological polar surface area (TPSA) is 182 Å². The van der Waals surface area contributed by atoms with Crippen LogP contribution >= 0.6 is 0 Å². The monoisotopic (exact) mass is 735 g/mol. The van der Waals surface area contributed by atoms with Gasteiger partial charge in [-0.3, -0.25) is 23.9 Å². The van der Waals surface area contributed by atoms with Crippen LogP contribution in [0, 0.1) is 13.8 Å². The number of ether oxygens (including phenoxy) is 1. The molecule has 2 amide bonds. The Hall–Kier alpha value is -5.08. The Kier molecular flexibility index (Phi) is 13.3. The lowest BCUT2D eigenvalue weighted by molar-refractivity contribution is -0.196. The summed E-state index contributed by atoms with van der Waals surface area (Å²) in [5, 5.41) is 5.44. The highest BCUT2D eigenvalue weighted by Crippen LogP contribution is 2.41. The van der Waals surface area contributed by atoms with Crippen molar-refractivity contribution < 1.29 is 46.1 Å². The Morgan fingerprint density at radius 1 is 1.02 bits per heavy atom. The third kappa shape index (κ3) is 10.3. The van der Waals surface area contributed by atoms with Crippen molar-refractivity contribution in [2.45, 2.75) is 73.1 Å². The molecule has 0 bridgehead atoms. The van der Waals surface area contributed by atoms with Crippen molar-refractivity contribution in [3.8, 4) is 11.3 Å². The molecule has 1 aromatic carbocycles. The number of benzene rings is 2. The van der Waals surface area contributed by atoms with Crippen molar-refractivity contribution in [3.63, 3.8) is 0 Å². The molecule has 3 aliphatic rings. The van der Waals surface area contributed by atoms with Gasteiger partial charge in [0.05, 0.1) is 30.6 Å². The minimum absolute atomic E-state index is 0.0316. The number of hydrogen-bond donors (Lipinski definition) is 2. The molecule has 2 aliphatic heterocycles. The zero-order chi connectivity index (χ0) is 38.2. The fraction of sp³-hybridized carbons (Fsp3) is 0.395. The molecule has 14 heteroatoms. The van der Waals surface area contributed by atoms with Crippen molar-refractivity contribution in [3.05, 3.63) is 76.2 Å². The van der Waals surface area contributed by atoms with Crippen molar-refractivity contribution >= 4 is 56.1 Å². The minimum atomic E-state index is -4.09. The van der Waals surface area contributed by atoms with E-state index in [1.54, 1.807) is 12.2 Å². The van der Waals surface area contributed by atoms with E-state index in [0.29, 0.717) is 46.2 Å². The number of anilines is 1. The predicted molar refractivity (Wildman–Crippen MR) is 196 cm³/mol. The van der Waals surface area contributed by atoms with E-state index in [1.807, 2.05) is 58.9 Å². The van der Waals surface area contributed by atoms with Crippen molar-refractivity contribution in [1.29, 1.82) is 0 Å². The second-order valence-corrected chi connectivity index (χ2v) is 14.1. The van der Waals surface area contributed by atoms with Gasteiger partial charge in [0.25, 0.3) is 21.9 Å². The van der Waals surface area contributed by atoms with E-state index < -0.39 is 39.6 Å². The normalized spacial score (nSPS) is 14.4. The number of esters is 1. The van der Waals surface area contributed by atoms with Crippen molar-refractivity contribution in [2.24, 2.45) is 4.99 Å². The molecular formula is C38H45N3O10S. The van der Waals surface area contributed by atoms with E-state index in [-0.39, 0.29) is 45.1 Å². The number of hydrogen-bond acceptors (Lipinski definition) is 11. The van der Waals surface area contributed by atoms with Crippen LogP contribution in [0.3, 0.4) is 0 Å². The van der Waals surface area contributed by atoms with Gasteiger partial charge in [-0.05, 0) is 93.0 Å². The van der Waals surface area contributed by atoms with Crippen LogP contribution in [0.25, 0.3) is 27.9 Å². The molecule has 0 unspecified atom stereocenters. The molecule has 1 saturated heterocycles. The molecule has 0 saturated carbocycles. The number of unbranched alkanes of at least 4 members (excludes halogenated alkanes) is 1. The highest BCUT2D eigenvalue weighted by Gasteiger charge is 2.33. The zero-order valence-corrected chi connectivity index (χ0v) is 31.0. The first kappa shape index (κ1) is 39.7. The quantitative estimate of drug-likeness (QED) is 0.0440. The smallest absolute Gasteiger partial charge is 0.337 e. The number of hydroxylamine groups is 2. The average molecular weight is 736 g/mol. The summed E-state index contributed by atoms with van der Waals surface area (Å²) in [5.74, 6) is -2.47. The van der Waals surface area contributed by atoms with Gasteiger partial charge in [0, 0.05) is 54.7 Å². The van der Waals surface area contributed by atoms with Crippen LogP contribution in [-0.4, -0.2) is 67.2 Å². The second-order valence-electron chi connectivity index (χ2n) is 12.5. The van der Waals surface area contributed by atoms with Gasteiger partial charge in [0.1, 0.15) is 11.3 Å². The van der Waals surface area contributed by atoms with Crippen LogP contribution in [0.5, 0.6) is 0 Å². The molecule has 1 aliphatic carbocycles. The molecule has 13 nitrogen and oxygen atoms in total. The van der Waals surface area contributed by atoms with Crippen LogP contribution < -0.4 is 10.7 Å². The number of amides is 2. The Bertz CT molecular complexity index is 2090. The highest BCUT2D eigenvalue weighted by molar-refractivity contribution is 7.85. The van der Waals surface area contributed by atoms with Gasteiger partial charge in [0.2, 0.25) is 0 Å². The molecule has 52 heavy (non-hydrogen) atoms. The fourth-order valence-electron chi connectivity index (χ4n) is 5.83. The number of carbonyl (C=O) groups is 4. The highest BCUT2D eigenvalue weighted by atomic mass is 32.2. The Morgan fingerprint density at radius 2 is 1.73 bits per heavy atom. The molecule has 2 N–H and O–H groups in total. The zero-order valence-electron chi connectivity index (χ0n) is 30.2. The van der Waals surface area contributed by atoms with Crippen LogP contribution in [0.1, 0.15) is 76.0 Å². The summed E-state index contributed by atoms with van der Waals surface area (Å²) in [4.78, 5) is 60.1. The maximum Gasteiger partial charge on any atom is 0.337 e. The fourth-order valence-corrected chi connectivity index (χ4v) is 6.39. The second kappa shape index (κ2) is 17.4. The summed E-state index contributed by atoms with van der Waals surface area (Å²) in [6, 6.07) is 7.83. The third-order valence-electron chi connectivity index (χ3n) is 8.42. The molecule has 0 spiro atoms. The molecule has 1 aromatic rings. The van der Waals surface area contributed by atoms with Crippen LogP contribution in [0.4, 0.5) is 5.69 Å². The predicted octanol–water partition coefficient (Wildman–Crippen LogP) is 5.99. The van der Waals surface area contributed by atoms with E-state index in [4.69, 9.17) is 18.5 Å². The summed E-state index contributed by atoms with van der Waals surface area (Å²) < 4.78 is 42.4. The van der Waals surface area contributed by atoms with E-state index in [0.717, 1.165) is 38.7 Å². The summed E-state index contributed by atoms with van der Waals surface area (Å²) in [5.41, 5.74) is 6.44. The van der Waals surface area contributed by atoms with E-state index in [9.17, 15) is 27.6 Å². The van der Waals surface area contributed by atoms with Gasteiger partial charge in [-0.1, -0.05) is 18.7 Å². The van der Waals surface area contributed by atoms with Gasteiger partial charge >= 0.3 is 11.9 Å². The summed E-state index contributed by atoms with van der Waals surface area (Å²) >= 11 is 0. The largest absolute Gasteiger partial charge is 0.465 e. The molecule has 0 radical (unpaired) electrons. The number of nitrogens with one attached hydrogen (secondary N) is 1. The lowest BCUT2D eigenvalue weighted by atomic mass is 9.89. The molecule has 0 aromatic heterocycles. The third-order valence-corrected chi connectivity index (χ3v) is 9.23. The summed E-state index contributed by atoms with van der Waals surface area (Å²) in [7, 11) is -4.09. The first-order chi connectivity index (χ1) is 24.6. The lowest BCUT2D eigenvalue weighted by Crippen LogP contribution is -2.32. The average Bonchev–Trinajstić information content (AvgIpc) is 3.38. The summed E-state index contributed by atoms with van der Waals surface area (Å²) in [6.45, 7) is 15.0. The van der Waals surface area contributed by atoms with Crippen LogP contribution in [-0.2, 0) is 38.9 Å². The van der Waals surface area contributed by atoms with Crippen LogP contribution in [0.15, 0.2) is 63.6 Å². The number of fused-ring (bicyclic) bond motifs is 2. The Balaban J connectivity index is 1.79. The Morgan fingerprint density at radius 3 is 2.38 bits per heavy atom. The van der Waals surface area contributed by atoms with Gasteiger partial charge in [-0.25, -0.2) is 4.79 Å². The first-order valence-corrected chi connectivity index (χ1v) is 18.7. The van der Waals surface area contributed by atoms with Gasteiger partial charge < -0.3 is 19.3 Å². The van der Waals surface area contributed by atoms with Gasteiger partial charge in [-0.2, -0.15) is 8.42 Å². The molecular weight excluding hydrogens is 690 g/mol. The standard InChI is InChI=1S/C38H45N3O10S/c1-7-39-30-21-32-28(18-24(30)4)38(29-19-25(5)31(40-8-2)22-33(29)50-32)26(6)27(20-37(45)51-41-34(42)13-14-35(41)43)12-11-23(3)17-36(44)49-15-9-10-16-52(46,47)48/h11-12,18-19,21-22,39H,3,7-10,13-17,20H2,1-2,4-6H3,(H,46,47,48)/b12-11-,27-26-,40-31+. The number of carbonyl (C=O) groups excluding carboxylic acids is 4. The van der Waals surface area contributed by atoms with Gasteiger partial charge in [-0.15, -0.1) is 5.06 Å². The SMILES string of the molecule is C=C(/C=C\C(CC(=O)ON1C(=O)CCC1=O)=C(/C)c1c2cc(C)/c(=N/CC)cc-2oc2cc(NCC)c(C)cc12)CC(=O)OCCCCS(=O)(=O)O. The van der Waals surface area contributed by atoms with Crippen molar-refractivity contribution in [2.75, 3.05) is 30.8 Å². The Labute approximate surface area is 303 Å². The number of aryl methyl sites for hydroxylation is 2. The van der Waals surface area contributed by atoms with E-state index in [1.165, 1.54) is 0 Å². The molecule has 278 valence electrons. The lowest BCUT2D eigenvalue weighted by Gasteiger charge is -2.20. The number of allylic oxidation sites excluding steroid dienone is 3. The van der Waals surface area contributed by atoms with E-state index >= 15 is 0 Å². The molecule has 0 atom stereocenters. The first-order valence-electron chi connectivity index (χ1n) is 17.1.